The molecule has 1 saturated carbocycles. The zero-order chi connectivity index (χ0) is 8.48. The van der Waals surface area contributed by atoms with Gasteiger partial charge in [0.1, 0.15) is 0 Å². The molecule has 0 spiro atoms. The molecule has 0 unspecified atom stereocenters. The summed E-state index contributed by atoms with van der Waals surface area (Å²) in [4.78, 5) is 11.2. The van der Waals surface area contributed by atoms with E-state index in [0.717, 1.165) is 18.4 Å². The maximum atomic E-state index is 11.2. The Morgan fingerprint density at radius 1 is 1.55 bits per heavy atom. The SMILES string of the molecule is CC(C)=CC(=O)CC1(N)CC1. The van der Waals surface area contributed by atoms with E-state index in [9.17, 15) is 4.79 Å². The van der Waals surface area contributed by atoms with E-state index in [1.807, 2.05) is 13.8 Å². The van der Waals surface area contributed by atoms with Crippen LogP contribution in [0.5, 0.6) is 0 Å². The first-order valence-electron chi connectivity index (χ1n) is 3.98. The molecule has 11 heavy (non-hydrogen) atoms. The van der Waals surface area contributed by atoms with E-state index in [-0.39, 0.29) is 11.3 Å². The molecule has 1 aliphatic carbocycles. The van der Waals surface area contributed by atoms with Crippen LogP contribution in [-0.4, -0.2) is 11.3 Å². The van der Waals surface area contributed by atoms with Crippen molar-refractivity contribution in [1.82, 2.24) is 0 Å². The van der Waals surface area contributed by atoms with Gasteiger partial charge in [0.25, 0.3) is 0 Å². The van der Waals surface area contributed by atoms with E-state index in [1.54, 1.807) is 6.08 Å². The fourth-order valence-corrected chi connectivity index (χ4v) is 1.06. The third-order valence-corrected chi connectivity index (χ3v) is 1.87. The molecule has 0 amide bonds. The number of carbonyl (C=O) groups excluding carboxylic acids is 1. The van der Waals surface area contributed by atoms with Gasteiger partial charge in [-0.3, -0.25) is 4.79 Å². The second-order valence-electron chi connectivity index (χ2n) is 3.73. The molecule has 1 fully saturated rings. The predicted octanol–water partition coefficient (Wildman–Crippen LogP) is 1.40. The summed E-state index contributed by atoms with van der Waals surface area (Å²) >= 11 is 0. The lowest BCUT2D eigenvalue weighted by Crippen LogP contribution is -2.24. The zero-order valence-corrected chi connectivity index (χ0v) is 7.18. The largest absolute Gasteiger partial charge is 0.325 e. The van der Waals surface area contributed by atoms with Crippen LogP contribution < -0.4 is 5.73 Å². The molecule has 62 valence electrons. The maximum absolute atomic E-state index is 11.2. The molecule has 0 atom stereocenters. The van der Waals surface area contributed by atoms with E-state index in [4.69, 9.17) is 5.73 Å². The van der Waals surface area contributed by atoms with Gasteiger partial charge in [0.15, 0.2) is 5.78 Å². The first kappa shape index (κ1) is 8.47. The zero-order valence-electron chi connectivity index (χ0n) is 7.18. The summed E-state index contributed by atoms with van der Waals surface area (Å²) in [6, 6.07) is 0. The molecule has 2 heteroatoms. The highest BCUT2D eigenvalue weighted by atomic mass is 16.1. The monoisotopic (exact) mass is 153 g/mol. The fraction of sp³-hybridized carbons (Fsp3) is 0.667. The second-order valence-corrected chi connectivity index (χ2v) is 3.73. The van der Waals surface area contributed by atoms with Crippen molar-refractivity contribution in [2.75, 3.05) is 0 Å². The van der Waals surface area contributed by atoms with E-state index in [2.05, 4.69) is 0 Å². The second kappa shape index (κ2) is 2.78. The van der Waals surface area contributed by atoms with E-state index >= 15 is 0 Å². The van der Waals surface area contributed by atoms with Crippen LogP contribution in [0.15, 0.2) is 11.6 Å². The summed E-state index contributed by atoms with van der Waals surface area (Å²) in [5.74, 6) is 0.171. The van der Waals surface area contributed by atoms with Crippen molar-refractivity contribution >= 4 is 5.78 Å². The third kappa shape index (κ3) is 2.85. The van der Waals surface area contributed by atoms with Gasteiger partial charge in [-0.25, -0.2) is 0 Å². The number of allylic oxidation sites excluding steroid dienone is 2. The molecule has 0 aromatic carbocycles. The molecule has 0 saturated heterocycles. The fourth-order valence-electron chi connectivity index (χ4n) is 1.06. The van der Waals surface area contributed by atoms with Gasteiger partial charge in [0.2, 0.25) is 0 Å². The summed E-state index contributed by atoms with van der Waals surface area (Å²) in [7, 11) is 0. The van der Waals surface area contributed by atoms with Gasteiger partial charge in [-0.2, -0.15) is 0 Å². The quantitative estimate of drug-likeness (QED) is 0.623. The van der Waals surface area contributed by atoms with Crippen LogP contribution in [0.4, 0.5) is 0 Å². The maximum Gasteiger partial charge on any atom is 0.157 e. The lowest BCUT2D eigenvalue weighted by molar-refractivity contribution is -0.115. The normalized spacial score (nSPS) is 19.2. The van der Waals surface area contributed by atoms with Crippen LogP contribution in [0.25, 0.3) is 0 Å². The van der Waals surface area contributed by atoms with Crippen molar-refractivity contribution in [2.45, 2.75) is 38.6 Å². The molecule has 2 nitrogen and oxygen atoms in total. The lowest BCUT2D eigenvalue weighted by Gasteiger charge is -2.03. The number of carbonyl (C=O) groups is 1. The van der Waals surface area contributed by atoms with Gasteiger partial charge < -0.3 is 5.73 Å². The highest BCUT2D eigenvalue weighted by Crippen LogP contribution is 2.35. The summed E-state index contributed by atoms with van der Waals surface area (Å²) in [6.45, 7) is 3.85. The number of hydrogen-bond donors (Lipinski definition) is 1. The minimum atomic E-state index is -0.136. The lowest BCUT2D eigenvalue weighted by atomic mass is 10.1. The summed E-state index contributed by atoms with van der Waals surface area (Å²) in [6.07, 6.45) is 4.22. The minimum Gasteiger partial charge on any atom is -0.325 e. The van der Waals surface area contributed by atoms with Crippen molar-refractivity contribution in [3.8, 4) is 0 Å². The molecular weight excluding hydrogens is 138 g/mol. The molecule has 1 rings (SSSR count). The Kier molecular flexibility index (Phi) is 2.14. The van der Waals surface area contributed by atoms with Crippen LogP contribution in [-0.2, 0) is 4.79 Å². The van der Waals surface area contributed by atoms with Crippen molar-refractivity contribution in [2.24, 2.45) is 5.73 Å². The average Bonchev–Trinajstić information content (AvgIpc) is 2.44. The molecule has 1 aliphatic rings. The van der Waals surface area contributed by atoms with Crippen molar-refractivity contribution in [3.63, 3.8) is 0 Å². The number of rotatable bonds is 3. The van der Waals surface area contributed by atoms with Crippen molar-refractivity contribution < 1.29 is 4.79 Å². The Bertz CT molecular complexity index is 198. The van der Waals surface area contributed by atoms with Gasteiger partial charge in [0, 0.05) is 12.0 Å². The third-order valence-electron chi connectivity index (χ3n) is 1.87. The standard InChI is InChI=1S/C9H15NO/c1-7(2)5-8(11)6-9(10)3-4-9/h5H,3-4,6,10H2,1-2H3. The minimum absolute atomic E-state index is 0.136. The van der Waals surface area contributed by atoms with Crippen molar-refractivity contribution in [1.29, 1.82) is 0 Å². The summed E-state index contributed by atoms with van der Waals surface area (Å²) in [5.41, 5.74) is 6.69. The summed E-state index contributed by atoms with van der Waals surface area (Å²) in [5, 5.41) is 0. The van der Waals surface area contributed by atoms with Crippen LogP contribution in [0.2, 0.25) is 0 Å². The van der Waals surface area contributed by atoms with E-state index in [1.165, 1.54) is 0 Å². The van der Waals surface area contributed by atoms with Gasteiger partial charge in [-0.15, -0.1) is 0 Å². The number of ketones is 1. The van der Waals surface area contributed by atoms with E-state index < -0.39 is 0 Å². The molecule has 0 aromatic heterocycles. The van der Waals surface area contributed by atoms with Crippen LogP contribution >= 0.6 is 0 Å². The van der Waals surface area contributed by atoms with Crippen LogP contribution in [0.1, 0.15) is 33.1 Å². The smallest absolute Gasteiger partial charge is 0.157 e. The average molecular weight is 153 g/mol. The Hall–Kier alpha value is -0.630. The Morgan fingerprint density at radius 3 is 2.45 bits per heavy atom. The van der Waals surface area contributed by atoms with Gasteiger partial charge in [-0.1, -0.05) is 5.57 Å². The van der Waals surface area contributed by atoms with Crippen molar-refractivity contribution in [3.05, 3.63) is 11.6 Å². The first-order chi connectivity index (χ1) is 5.02. The summed E-state index contributed by atoms with van der Waals surface area (Å²) < 4.78 is 0. The van der Waals surface area contributed by atoms with Gasteiger partial charge in [0.05, 0.1) is 0 Å². The molecule has 0 bridgehead atoms. The van der Waals surface area contributed by atoms with E-state index in [0.29, 0.717) is 6.42 Å². The first-order valence-corrected chi connectivity index (χ1v) is 3.98. The molecule has 0 aromatic rings. The van der Waals surface area contributed by atoms with Gasteiger partial charge >= 0.3 is 0 Å². The molecule has 2 N–H and O–H groups in total. The number of hydrogen-bond acceptors (Lipinski definition) is 2. The van der Waals surface area contributed by atoms with Gasteiger partial charge in [-0.05, 0) is 32.8 Å². The molecule has 0 heterocycles. The van der Waals surface area contributed by atoms with Crippen LogP contribution in [0.3, 0.4) is 0 Å². The highest BCUT2D eigenvalue weighted by Gasteiger charge is 2.39. The topological polar surface area (TPSA) is 43.1 Å². The Morgan fingerprint density at radius 2 is 2.09 bits per heavy atom. The molecule has 0 aliphatic heterocycles. The Labute approximate surface area is 67.5 Å². The number of nitrogens with two attached hydrogens (primary N) is 1. The molecular formula is C9H15NO. The molecule has 0 radical (unpaired) electrons. The highest BCUT2D eigenvalue weighted by molar-refractivity contribution is 5.91. The predicted molar refractivity (Wildman–Crippen MR) is 45.2 cm³/mol. The van der Waals surface area contributed by atoms with Crippen LogP contribution in [0, 0.1) is 0 Å². The Balaban J connectivity index is 2.38.